The van der Waals surface area contributed by atoms with E-state index in [2.05, 4.69) is 45.3 Å². The monoisotopic (exact) mass is 265 g/mol. The maximum absolute atomic E-state index is 5.15. The fourth-order valence-electron chi connectivity index (χ4n) is 1.68. The Kier molecular flexibility index (Phi) is 2.57. The van der Waals surface area contributed by atoms with Crippen LogP contribution in [0.25, 0.3) is 16.7 Å². The molecule has 0 fully saturated rings. The summed E-state index contributed by atoms with van der Waals surface area (Å²) in [4.78, 5) is 0. The molecule has 0 radical (unpaired) electrons. The van der Waals surface area contributed by atoms with Crippen molar-refractivity contribution in [1.29, 1.82) is 0 Å². The van der Waals surface area contributed by atoms with Gasteiger partial charge in [-0.15, -0.1) is 0 Å². The van der Waals surface area contributed by atoms with Gasteiger partial charge in [0.05, 0.1) is 12.8 Å². The smallest absolute Gasteiger partial charge is 0.135 e. The Hall–Kier alpha value is -1.22. The molecule has 0 spiro atoms. The molecule has 2 aromatic rings. The summed E-state index contributed by atoms with van der Waals surface area (Å²) in [7, 11) is 3.64. The number of fused-ring (bicyclic) bond motifs is 1. The number of nitrogens with zero attached hydrogens (tertiary/aromatic N) is 1. The van der Waals surface area contributed by atoms with E-state index in [1.165, 1.54) is 5.39 Å². The molecular weight excluding hydrogens is 254 g/mol. The predicted octanol–water partition coefficient (Wildman–Crippen LogP) is 3.56. The lowest BCUT2D eigenvalue weighted by Crippen LogP contribution is -1.95. The fourth-order valence-corrected chi connectivity index (χ4v) is 2.02. The highest BCUT2D eigenvalue weighted by atomic mass is 79.9. The zero-order valence-electron chi connectivity index (χ0n) is 8.75. The number of aromatic nitrogens is 1. The first-order valence-corrected chi connectivity index (χ1v) is 5.41. The van der Waals surface area contributed by atoms with Crippen LogP contribution in [-0.4, -0.2) is 11.7 Å². The largest absolute Gasteiger partial charge is 0.495 e. The number of ether oxygens (including phenoxy) is 1. The molecule has 78 valence electrons. The summed E-state index contributed by atoms with van der Waals surface area (Å²) < 4.78 is 8.30. The average molecular weight is 266 g/mol. The zero-order valence-corrected chi connectivity index (χ0v) is 10.3. The van der Waals surface area contributed by atoms with E-state index < -0.39 is 0 Å². The number of hydrogen-bond acceptors (Lipinski definition) is 1. The third kappa shape index (κ3) is 1.67. The van der Waals surface area contributed by atoms with E-state index in [0.29, 0.717) is 5.76 Å². The molecule has 1 aromatic carbocycles. The van der Waals surface area contributed by atoms with Gasteiger partial charge in [0.25, 0.3) is 0 Å². The third-order valence-corrected chi connectivity index (χ3v) is 3.03. The van der Waals surface area contributed by atoms with Crippen molar-refractivity contribution in [3.05, 3.63) is 41.0 Å². The molecule has 1 heterocycles. The Bertz CT molecular complexity index is 528. The van der Waals surface area contributed by atoms with Crippen LogP contribution >= 0.6 is 15.9 Å². The lowest BCUT2D eigenvalue weighted by atomic mass is 10.2. The average Bonchev–Trinajstić information content (AvgIpc) is 2.55. The Labute approximate surface area is 97.3 Å². The van der Waals surface area contributed by atoms with Gasteiger partial charge in [-0.2, -0.15) is 0 Å². The van der Waals surface area contributed by atoms with Crippen LogP contribution in [0, 0.1) is 0 Å². The molecule has 0 N–H and O–H groups in total. The second-order valence-corrected chi connectivity index (χ2v) is 4.33. The van der Waals surface area contributed by atoms with Crippen molar-refractivity contribution < 1.29 is 4.74 Å². The minimum Gasteiger partial charge on any atom is -0.495 e. The molecule has 0 atom stereocenters. The van der Waals surface area contributed by atoms with Gasteiger partial charge in [-0.25, -0.2) is 0 Å². The quantitative estimate of drug-likeness (QED) is 0.758. The highest BCUT2D eigenvalue weighted by Gasteiger charge is 2.08. The summed E-state index contributed by atoms with van der Waals surface area (Å²) in [6.07, 6.45) is 0. The molecule has 0 unspecified atom stereocenters. The van der Waals surface area contributed by atoms with E-state index in [-0.39, 0.29) is 0 Å². The molecule has 0 aliphatic heterocycles. The van der Waals surface area contributed by atoms with Crippen LogP contribution in [0.2, 0.25) is 0 Å². The van der Waals surface area contributed by atoms with Crippen LogP contribution in [0.15, 0.2) is 35.3 Å². The first kappa shape index (κ1) is 10.3. The number of rotatable bonds is 2. The number of halogens is 1. The molecule has 0 aliphatic carbocycles. The van der Waals surface area contributed by atoms with Gasteiger partial charge < -0.3 is 9.30 Å². The van der Waals surface area contributed by atoms with Gasteiger partial charge in [-0.05, 0) is 18.2 Å². The van der Waals surface area contributed by atoms with Gasteiger partial charge in [0.1, 0.15) is 5.76 Å². The Morgan fingerprint density at radius 2 is 2.13 bits per heavy atom. The molecule has 0 saturated carbocycles. The molecule has 0 aliphatic rings. The van der Waals surface area contributed by atoms with Crippen molar-refractivity contribution in [1.82, 2.24) is 4.57 Å². The summed E-state index contributed by atoms with van der Waals surface area (Å²) >= 11 is 3.46. The fraction of sp³-hybridized carbons (Fsp3) is 0.167. The van der Waals surface area contributed by atoms with Gasteiger partial charge in [0.2, 0.25) is 0 Å². The molecule has 3 heteroatoms. The maximum atomic E-state index is 5.15. The standard InChI is InChI=1S/C12H12BrNO/c1-8(15-3)11-6-9-4-5-10(13)7-12(9)14(11)2/h4-7H,1H2,2-3H3. The van der Waals surface area contributed by atoms with E-state index in [1.54, 1.807) is 7.11 Å². The first-order valence-electron chi connectivity index (χ1n) is 4.61. The summed E-state index contributed by atoms with van der Waals surface area (Å²) in [6.45, 7) is 3.87. The van der Waals surface area contributed by atoms with Gasteiger partial charge in [0.15, 0.2) is 0 Å². The van der Waals surface area contributed by atoms with Gasteiger partial charge >= 0.3 is 0 Å². The highest BCUT2D eigenvalue weighted by Crippen LogP contribution is 2.26. The third-order valence-electron chi connectivity index (χ3n) is 2.54. The normalized spacial score (nSPS) is 10.6. The molecule has 0 amide bonds. The zero-order chi connectivity index (χ0) is 11.0. The van der Waals surface area contributed by atoms with Crippen molar-refractivity contribution >= 4 is 32.6 Å². The summed E-state index contributed by atoms with van der Waals surface area (Å²) in [5.74, 6) is 0.685. The number of aryl methyl sites for hydroxylation is 1. The minimum atomic E-state index is 0.685. The summed E-state index contributed by atoms with van der Waals surface area (Å²) in [5.41, 5.74) is 2.17. The lowest BCUT2D eigenvalue weighted by molar-refractivity contribution is 0.368. The van der Waals surface area contributed by atoms with E-state index in [9.17, 15) is 0 Å². The van der Waals surface area contributed by atoms with Crippen molar-refractivity contribution in [2.45, 2.75) is 0 Å². The van der Waals surface area contributed by atoms with Crippen LogP contribution in [0.3, 0.4) is 0 Å². The minimum absolute atomic E-state index is 0.685. The van der Waals surface area contributed by atoms with Crippen LogP contribution in [0.4, 0.5) is 0 Å². The van der Waals surface area contributed by atoms with Gasteiger partial charge in [0, 0.05) is 22.4 Å². The Morgan fingerprint density at radius 1 is 1.40 bits per heavy atom. The second-order valence-electron chi connectivity index (χ2n) is 3.42. The maximum Gasteiger partial charge on any atom is 0.135 e. The van der Waals surface area contributed by atoms with E-state index in [0.717, 1.165) is 15.7 Å². The Balaban J connectivity index is 2.69. The van der Waals surface area contributed by atoms with Crippen molar-refractivity contribution in [3.8, 4) is 0 Å². The van der Waals surface area contributed by atoms with E-state index in [4.69, 9.17) is 4.74 Å². The predicted molar refractivity (Wildman–Crippen MR) is 66.7 cm³/mol. The van der Waals surface area contributed by atoms with Crippen LogP contribution in [0.1, 0.15) is 5.69 Å². The SMILES string of the molecule is C=C(OC)c1cc2ccc(Br)cc2n1C. The van der Waals surface area contributed by atoms with Gasteiger partial charge in [-0.1, -0.05) is 28.6 Å². The molecule has 0 saturated heterocycles. The van der Waals surface area contributed by atoms with E-state index >= 15 is 0 Å². The molecule has 15 heavy (non-hydrogen) atoms. The first-order chi connectivity index (χ1) is 7.13. The topological polar surface area (TPSA) is 14.2 Å². The van der Waals surface area contributed by atoms with Crippen molar-refractivity contribution in [2.75, 3.05) is 7.11 Å². The molecule has 0 bridgehead atoms. The number of hydrogen-bond donors (Lipinski definition) is 0. The summed E-state index contributed by atoms with van der Waals surface area (Å²) in [5, 5.41) is 1.19. The van der Waals surface area contributed by atoms with Crippen molar-refractivity contribution in [2.24, 2.45) is 7.05 Å². The second kappa shape index (κ2) is 3.74. The van der Waals surface area contributed by atoms with E-state index in [1.807, 2.05) is 13.1 Å². The molecule has 1 aromatic heterocycles. The van der Waals surface area contributed by atoms with Gasteiger partial charge in [-0.3, -0.25) is 0 Å². The van der Waals surface area contributed by atoms with Crippen molar-refractivity contribution in [3.63, 3.8) is 0 Å². The number of methoxy groups -OCH3 is 1. The number of benzene rings is 1. The van der Waals surface area contributed by atoms with Crippen LogP contribution in [-0.2, 0) is 11.8 Å². The summed E-state index contributed by atoms with van der Waals surface area (Å²) in [6, 6.07) is 8.27. The molecule has 2 rings (SSSR count). The highest BCUT2D eigenvalue weighted by molar-refractivity contribution is 9.10. The molecular formula is C12H12BrNO. The Morgan fingerprint density at radius 3 is 2.80 bits per heavy atom. The van der Waals surface area contributed by atoms with Crippen LogP contribution < -0.4 is 0 Å². The molecule has 2 nitrogen and oxygen atoms in total. The lowest BCUT2D eigenvalue weighted by Gasteiger charge is -2.05. The van der Waals surface area contributed by atoms with Crippen LogP contribution in [0.5, 0.6) is 0 Å².